The Morgan fingerprint density at radius 1 is 0.203 bits per heavy atom. The number of rotatable bonds is 10. The van der Waals surface area contributed by atoms with E-state index in [1.165, 1.54) is 24.3 Å². The van der Waals surface area contributed by atoms with E-state index in [-0.39, 0.29) is 0 Å². The molecule has 12 heteroatoms. The highest BCUT2D eigenvalue weighted by atomic mass is 19.4. The summed E-state index contributed by atoms with van der Waals surface area (Å²) in [5, 5.41) is 0. The Kier molecular flexibility index (Phi) is 11.7. The van der Waals surface area contributed by atoms with Crippen LogP contribution >= 0.6 is 0 Å². The summed E-state index contributed by atoms with van der Waals surface area (Å²) in [4.78, 5) is 28.4. The number of halogens is 6. The molecule has 10 aromatic rings. The first kappa shape index (κ1) is 44.2. The van der Waals surface area contributed by atoms with Crippen LogP contribution in [0.25, 0.3) is 90.6 Å². The predicted octanol–water partition coefficient (Wildman–Crippen LogP) is 14.8. The monoisotopic (exact) mass is 918 g/mol. The van der Waals surface area contributed by atoms with Crippen LogP contribution in [-0.2, 0) is 5.41 Å². The lowest BCUT2D eigenvalue weighted by Crippen LogP contribution is -2.54. The van der Waals surface area contributed by atoms with Crippen LogP contribution < -0.4 is 0 Å². The number of nitrogens with zero attached hydrogens (tertiary/aromatic N) is 6. The van der Waals surface area contributed by atoms with Crippen molar-refractivity contribution in [2.45, 2.75) is 17.8 Å². The van der Waals surface area contributed by atoms with Gasteiger partial charge in [0, 0.05) is 33.4 Å². The zero-order chi connectivity index (χ0) is 47.6. The predicted molar refractivity (Wildman–Crippen MR) is 256 cm³/mol. The fourth-order valence-corrected chi connectivity index (χ4v) is 8.31. The topological polar surface area (TPSA) is 77.3 Å². The first-order valence-corrected chi connectivity index (χ1v) is 21.7. The summed E-state index contributed by atoms with van der Waals surface area (Å²) in [5.41, 5.74) is 0.135. The summed E-state index contributed by atoms with van der Waals surface area (Å²) in [6.45, 7) is 0. The number of alkyl halides is 6. The van der Waals surface area contributed by atoms with Crippen molar-refractivity contribution >= 4 is 0 Å². The molecule has 2 aromatic heterocycles. The van der Waals surface area contributed by atoms with Gasteiger partial charge in [-0.3, -0.25) is 0 Å². The highest BCUT2D eigenvalue weighted by Gasteiger charge is 2.72. The minimum Gasteiger partial charge on any atom is -0.208 e. The number of hydrogen-bond donors (Lipinski definition) is 0. The second kappa shape index (κ2) is 18.2. The van der Waals surface area contributed by atoms with Crippen LogP contribution in [0.1, 0.15) is 11.1 Å². The number of hydrogen-bond acceptors (Lipinski definition) is 6. The molecule has 0 aliphatic heterocycles. The van der Waals surface area contributed by atoms with Crippen molar-refractivity contribution < 1.29 is 26.3 Å². The largest absolute Gasteiger partial charge is 0.411 e. The zero-order valence-electron chi connectivity index (χ0n) is 36.2. The number of benzene rings is 8. The molecule has 8 aromatic carbocycles. The van der Waals surface area contributed by atoms with E-state index >= 15 is 26.3 Å². The Labute approximate surface area is 392 Å². The lowest BCUT2D eigenvalue weighted by Gasteiger charge is -2.38. The minimum absolute atomic E-state index is 0.391. The van der Waals surface area contributed by atoms with Gasteiger partial charge in [0.15, 0.2) is 34.9 Å². The van der Waals surface area contributed by atoms with Gasteiger partial charge in [-0.25, -0.2) is 29.9 Å². The molecule has 0 spiro atoms. The van der Waals surface area contributed by atoms with E-state index in [1.807, 2.05) is 121 Å². The molecule has 0 aliphatic carbocycles. The van der Waals surface area contributed by atoms with Gasteiger partial charge in [-0.15, -0.1) is 0 Å². The molecule has 0 amide bonds. The van der Waals surface area contributed by atoms with E-state index in [0.717, 1.165) is 46.5 Å². The smallest absolute Gasteiger partial charge is 0.208 e. The fraction of sp³-hybridized carbons (Fsp3) is 0.0526. The maximum Gasteiger partial charge on any atom is 0.411 e. The summed E-state index contributed by atoms with van der Waals surface area (Å²) in [6.07, 6.45) is -11.5. The van der Waals surface area contributed by atoms with Crippen LogP contribution in [0.2, 0.25) is 0 Å². The van der Waals surface area contributed by atoms with Gasteiger partial charge in [-0.2, -0.15) is 26.3 Å². The summed E-state index contributed by atoms with van der Waals surface area (Å²) < 4.78 is 91.8. The third-order valence-electron chi connectivity index (χ3n) is 11.8. The SMILES string of the molecule is FC(F)(F)C(c1ccc(-c2ccc(-c3nc(-c4ccccc4)nc(-c4ccccc4)n3)cc2)cc1)(c1ccc(-c2ccc(-c3nc(-c4ccccc4)nc(-c4ccccc4)n3)cc2)cc1)C(F)(F)F. The first-order chi connectivity index (χ1) is 33.4. The van der Waals surface area contributed by atoms with E-state index in [1.54, 1.807) is 48.5 Å². The van der Waals surface area contributed by atoms with E-state index < -0.39 is 28.9 Å². The van der Waals surface area contributed by atoms with Gasteiger partial charge in [0.1, 0.15) is 0 Å². The molecule has 0 fully saturated rings. The highest BCUT2D eigenvalue weighted by molar-refractivity contribution is 5.73. The number of aromatic nitrogens is 6. The fourth-order valence-electron chi connectivity index (χ4n) is 8.31. The summed E-state index contributed by atoms with van der Waals surface area (Å²) in [7, 11) is 0. The summed E-state index contributed by atoms with van der Waals surface area (Å²) in [5.74, 6) is 2.65. The molecular weight excluding hydrogens is 883 g/mol. The van der Waals surface area contributed by atoms with Crippen LogP contribution in [0.4, 0.5) is 26.3 Å². The molecule has 336 valence electrons. The molecule has 0 bridgehead atoms. The molecule has 0 N–H and O–H groups in total. The Bertz CT molecular complexity index is 3010. The van der Waals surface area contributed by atoms with Crippen molar-refractivity contribution in [2.75, 3.05) is 0 Å². The molecule has 69 heavy (non-hydrogen) atoms. The van der Waals surface area contributed by atoms with Crippen LogP contribution in [0, 0.1) is 0 Å². The second-order valence-electron chi connectivity index (χ2n) is 16.1. The van der Waals surface area contributed by atoms with Gasteiger partial charge in [0.05, 0.1) is 0 Å². The van der Waals surface area contributed by atoms with Crippen LogP contribution in [0.5, 0.6) is 0 Å². The third-order valence-corrected chi connectivity index (χ3v) is 11.8. The first-order valence-electron chi connectivity index (χ1n) is 21.7. The van der Waals surface area contributed by atoms with Crippen molar-refractivity contribution in [3.63, 3.8) is 0 Å². The van der Waals surface area contributed by atoms with Crippen molar-refractivity contribution in [2.24, 2.45) is 0 Å². The maximum absolute atomic E-state index is 15.3. The molecule has 0 saturated carbocycles. The molecule has 0 unspecified atom stereocenters. The molecule has 0 aliphatic rings. The van der Waals surface area contributed by atoms with E-state index in [9.17, 15) is 0 Å². The molecular formula is C57H36F6N6. The van der Waals surface area contributed by atoms with E-state index in [2.05, 4.69) is 0 Å². The van der Waals surface area contributed by atoms with E-state index in [4.69, 9.17) is 29.9 Å². The van der Waals surface area contributed by atoms with Gasteiger partial charge in [-0.1, -0.05) is 218 Å². The Hall–Kier alpha value is -8.64. The average molecular weight is 919 g/mol. The summed E-state index contributed by atoms with van der Waals surface area (Å²) in [6, 6.07) is 60.4. The molecule has 0 radical (unpaired) electrons. The van der Waals surface area contributed by atoms with Gasteiger partial charge in [-0.05, 0) is 33.4 Å². The van der Waals surface area contributed by atoms with Crippen molar-refractivity contribution in [1.82, 2.24) is 29.9 Å². The van der Waals surface area contributed by atoms with Gasteiger partial charge >= 0.3 is 12.4 Å². The Balaban J connectivity index is 0.936. The van der Waals surface area contributed by atoms with E-state index in [0.29, 0.717) is 68.3 Å². The Morgan fingerprint density at radius 3 is 0.580 bits per heavy atom. The molecule has 10 rings (SSSR count). The quantitative estimate of drug-likeness (QED) is 0.127. The normalized spacial score (nSPS) is 11.9. The second-order valence-corrected chi connectivity index (χ2v) is 16.1. The van der Waals surface area contributed by atoms with Crippen molar-refractivity contribution in [3.05, 3.63) is 230 Å². The van der Waals surface area contributed by atoms with Gasteiger partial charge in [0.2, 0.25) is 5.41 Å². The van der Waals surface area contributed by atoms with Crippen molar-refractivity contribution in [1.29, 1.82) is 0 Å². The average Bonchev–Trinajstić information content (AvgIpc) is 3.39. The lowest BCUT2D eigenvalue weighted by atomic mass is 9.72. The van der Waals surface area contributed by atoms with Crippen molar-refractivity contribution in [3.8, 4) is 90.6 Å². The lowest BCUT2D eigenvalue weighted by molar-refractivity contribution is -0.288. The zero-order valence-corrected chi connectivity index (χ0v) is 36.2. The third kappa shape index (κ3) is 8.75. The molecule has 0 atom stereocenters. The Morgan fingerprint density at radius 2 is 0.377 bits per heavy atom. The van der Waals surface area contributed by atoms with Gasteiger partial charge < -0.3 is 0 Å². The van der Waals surface area contributed by atoms with Crippen LogP contribution in [0.3, 0.4) is 0 Å². The van der Waals surface area contributed by atoms with Crippen LogP contribution in [0.15, 0.2) is 218 Å². The van der Waals surface area contributed by atoms with Gasteiger partial charge in [0.25, 0.3) is 0 Å². The molecule has 6 nitrogen and oxygen atoms in total. The highest BCUT2D eigenvalue weighted by Crippen LogP contribution is 2.56. The molecule has 2 heterocycles. The maximum atomic E-state index is 15.3. The minimum atomic E-state index is -5.76. The van der Waals surface area contributed by atoms with Crippen LogP contribution in [-0.4, -0.2) is 42.3 Å². The standard InChI is InChI=1S/C57H36F6N6/c58-56(59,60)55(57(61,62)63,47-33-29-39(30-34-47)37-21-25-45(26-22-37)53-66-49(41-13-5-1-6-14-41)64-50(67-53)42-15-7-2-8-16-42)48-35-31-40(32-36-48)38-23-27-46(28-24-38)54-68-51(43-17-9-3-10-18-43)65-52(69-54)44-19-11-4-12-20-44/h1-36H. The molecule has 0 saturated heterocycles. The summed E-state index contributed by atoms with van der Waals surface area (Å²) >= 11 is 0.